The van der Waals surface area contributed by atoms with Crippen LogP contribution in [0, 0.1) is 0 Å². The smallest absolute Gasteiger partial charge is 0.321 e. The normalized spacial score (nSPS) is 24.9. The standard InChI is InChI=1S/C7H10Cl3NO2/c1-2-3-11-4-5(12)13-6(11)7(8,9)10/h6H,2-4H2,1H3. The molecule has 0 aliphatic carbocycles. The Morgan fingerprint density at radius 2 is 2.23 bits per heavy atom. The number of carbonyl (C=O) groups is 1. The van der Waals surface area contributed by atoms with Gasteiger partial charge in [-0.1, -0.05) is 41.7 Å². The maximum absolute atomic E-state index is 10.9. The van der Waals surface area contributed by atoms with Crippen molar-refractivity contribution in [2.45, 2.75) is 23.4 Å². The maximum atomic E-state index is 10.9. The highest BCUT2D eigenvalue weighted by molar-refractivity contribution is 6.68. The van der Waals surface area contributed by atoms with E-state index in [1.54, 1.807) is 4.90 Å². The van der Waals surface area contributed by atoms with E-state index in [0.717, 1.165) is 6.42 Å². The first-order valence-corrected chi connectivity index (χ1v) is 5.08. The molecule has 0 amide bonds. The Hall–Kier alpha value is 0.300. The van der Waals surface area contributed by atoms with Gasteiger partial charge in [-0.25, -0.2) is 0 Å². The van der Waals surface area contributed by atoms with E-state index < -0.39 is 10.0 Å². The SMILES string of the molecule is CCCN1CC(=O)OC1C(Cl)(Cl)Cl. The molecule has 0 aromatic carbocycles. The van der Waals surface area contributed by atoms with Gasteiger partial charge in [-0.3, -0.25) is 9.69 Å². The van der Waals surface area contributed by atoms with Crippen molar-refractivity contribution in [2.24, 2.45) is 0 Å². The molecule has 0 spiro atoms. The first-order chi connectivity index (χ1) is 5.95. The molecule has 13 heavy (non-hydrogen) atoms. The molecule has 1 rings (SSSR count). The Bertz CT molecular complexity index is 204. The molecule has 1 fully saturated rings. The van der Waals surface area contributed by atoms with Crippen LogP contribution in [0.25, 0.3) is 0 Å². The minimum Gasteiger partial charge on any atom is -0.441 e. The second-order valence-corrected chi connectivity index (χ2v) is 5.22. The second kappa shape index (κ2) is 4.22. The Balaban J connectivity index is 2.66. The van der Waals surface area contributed by atoms with Gasteiger partial charge >= 0.3 is 5.97 Å². The third kappa shape index (κ3) is 2.88. The van der Waals surface area contributed by atoms with Crippen molar-refractivity contribution in [1.29, 1.82) is 0 Å². The third-order valence-corrected chi connectivity index (χ3v) is 2.26. The highest BCUT2D eigenvalue weighted by Crippen LogP contribution is 2.36. The van der Waals surface area contributed by atoms with Crippen molar-refractivity contribution in [3.63, 3.8) is 0 Å². The summed E-state index contributed by atoms with van der Waals surface area (Å²) in [6.45, 7) is 2.87. The summed E-state index contributed by atoms with van der Waals surface area (Å²) in [5.41, 5.74) is 0. The van der Waals surface area contributed by atoms with Gasteiger partial charge in [-0.05, 0) is 6.42 Å². The Morgan fingerprint density at radius 3 is 2.69 bits per heavy atom. The Kier molecular flexibility index (Phi) is 3.69. The van der Waals surface area contributed by atoms with E-state index in [4.69, 9.17) is 39.5 Å². The molecule has 0 bridgehead atoms. The van der Waals surface area contributed by atoms with Crippen LogP contribution in [-0.4, -0.2) is 34.0 Å². The molecule has 0 radical (unpaired) electrons. The topological polar surface area (TPSA) is 29.5 Å². The van der Waals surface area contributed by atoms with E-state index in [1.807, 2.05) is 6.92 Å². The van der Waals surface area contributed by atoms with Crippen molar-refractivity contribution in [2.75, 3.05) is 13.1 Å². The minimum absolute atomic E-state index is 0.201. The van der Waals surface area contributed by atoms with Gasteiger partial charge in [0.2, 0.25) is 10.0 Å². The number of cyclic esters (lactones) is 1. The van der Waals surface area contributed by atoms with E-state index in [9.17, 15) is 4.79 Å². The highest BCUT2D eigenvalue weighted by atomic mass is 35.6. The van der Waals surface area contributed by atoms with Crippen LogP contribution in [0.15, 0.2) is 0 Å². The fourth-order valence-corrected chi connectivity index (χ4v) is 1.79. The summed E-state index contributed by atoms with van der Waals surface area (Å²) < 4.78 is 3.31. The molecule has 1 aliphatic rings. The molecule has 1 aliphatic heterocycles. The number of hydrogen-bond donors (Lipinski definition) is 0. The summed E-state index contributed by atoms with van der Waals surface area (Å²) in [6, 6.07) is 0. The number of halogens is 3. The zero-order valence-corrected chi connectivity index (χ0v) is 9.36. The second-order valence-electron chi connectivity index (χ2n) is 2.85. The average Bonchev–Trinajstić information content (AvgIpc) is 2.30. The number of carbonyl (C=O) groups excluding carboxylic acids is 1. The van der Waals surface area contributed by atoms with Gasteiger partial charge in [0.1, 0.15) is 0 Å². The predicted molar refractivity (Wildman–Crippen MR) is 52.0 cm³/mol. The van der Waals surface area contributed by atoms with Gasteiger partial charge in [0.25, 0.3) is 0 Å². The van der Waals surface area contributed by atoms with Crippen LogP contribution in [-0.2, 0) is 9.53 Å². The van der Waals surface area contributed by atoms with Crippen LogP contribution >= 0.6 is 34.8 Å². The van der Waals surface area contributed by atoms with Gasteiger partial charge in [0.05, 0.1) is 6.54 Å². The molecule has 1 saturated heterocycles. The molecule has 0 aromatic rings. The van der Waals surface area contributed by atoms with E-state index in [0.29, 0.717) is 6.54 Å². The van der Waals surface area contributed by atoms with Crippen LogP contribution in [0.5, 0.6) is 0 Å². The Labute approximate surface area is 91.9 Å². The molecule has 6 heteroatoms. The van der Waals surface area contributed by atoms with Crippen molar-refractivity contribution < 1.29 is 9.53 Å². The van der Waals surface area contributed by atoms with Crippen molar-refractivity contribution in [1.82, 2.24) is 4.90 Å². The molecule has 0 saturated carbocycles. The summed E-state index contributed by atoms with van der Waals surface area (Å²) in [5.74, 6) is -0.343. The fourth-order valence-electron chi connectivity index (χ4n) is 1.24. The molecular weight excluding hydrogens is 236 g/mol. The van der Waals surface area contributed by atoms with Crippen molar-refractivity contribution in [3.8, 4) is 0 Å². The Morgan fingerprint density at radius 1 is 1.62 bits per heavy atom. The van der Waals surface area contributed by atoms with Gasteiger partial charge in [0, 0.05) is 6.54 Å². The average molecular weight is 247 g/mol. The summed E-state index contributed by atoms with van der Waals surface area (Å²) in [4.78, 5) is 12.7. The zero-order valence-electron chi connectivity index (χ0n) is 7.10. The molecule has 0 aromatic heterocycles. The number of ether oxygens (including phenoxy) is 1. The molecule has 1 heterocycles. The van der Waals surface area contributed by atoms with Crippen LogP contribution in [0.3, 0.4) is 0 Å². The van der Waals surface area contributed by atoms with E-state index in [1.165, 1.54) is 0 Å². The molecule has 1 atom stereocenters. The van der Waals surface area contributed by atoms with Crippen LogP contribution in [0.2, 0.25) is 0 Å². The van der Waals surface area contributed by atoms with E-state index in [2.05, 4.69) is 0 Å². The van der Waals surface area contributed by atoms with Gasteiger partial charge < -0.3 is 4.74 Å². The van der Waals surface area contributed by atoms with Gasteiger partial charge in [0.15, 0.2) is 0 Å². The van der Waals surface area contributed by atoms with Crippen LogP contribution in [0.1, 0.15) is 13.3 Å². The lowest BCUT2D eigenvalue weighted by Gasteiger charge is -2.26. The minimum atomic E-state index is -1.57. The molecule has 0 N–H and O–H groups in total. The summed E-state index contributed by atoms with van der Waals surface area (Å²) in [5, 5.41) is 0. The number of esters is 1. The lowest BCUT2D eigenvalue weighted by Crippen LogP contribution is -2.40. The first-order valence-electron chi connectivity index (χ1n) is 3.95. The largest absolute Gasteiger partial charge is 0.441 e. The lowest BCUT2D eigenvalue weighted by molar-refractivity contribution is -0.141. The quantitative estimate of drug-likeness (QED) is 0.551. The predicted octanol–water partition coefficient (Wildman–Crippen LogP) is 1.95. The number of rotatable bonds is 2. The third-order valence-electron chi connectivity index (χ3n) is 1.70. The van der Waals surface area contributed by atoms with Gasteiger partial charge in [-0.15, -0.1) is 0 Å². The summed E-state index contributed by atoms with van der Waals surface area (Å²) >= 11 is 16.9. The maximum Gasteiger partial charge on any atom is 0.321 e. The monoisotopic (exact) mass is 245 g/mol. The van der Waals surface area contributed by atoms with Crippen LogP contribution < -0.4 is 0 Å². The summed E-state index contributed by atoms with van der Waals surface area (Å²) in [6.07, 6.45) is 0.137. The fraction of sp³-hybridized carbons (Fsp3) is 0.857. The van der Waals surface area contributed by atoms with Crippen LogP contribution in [0.4, 0.5) is 0 Å². The zero-order chi connectivity index (χ0) is 10.1. The van der Waals surface area contributed by atoms with E-state index in [-0.39, 0.29) is 12.5 Å². The number of nitrogens with zero attached hydrogens (tertiary/aromatic N) is 1. The van der Waals surface area contributed by atoms with E-state index >= 15 is 0 Å². The molecule has 76 valence electrons. The number of alkyl halides is 3. The molecule has 1 unspecified atom stereocenters. The molecule has 3 nitrogen and oxygen atoms in total. The highest BCUT2D eigenvalue weighted by Gasteiger charge is 2.45. The first kappa shape index (κ1) is 11.4. The van der Waals surface area contributed by atoms with Gasteiger partial charge in [-0.2, -0.15) is 0 Å². The molecular formula is C7H10Cl3NO2. The number of hydrogen-bond acceptors (Lipinski definition) is 3. The lowest BCUT2D eigenvalue weighted by atomic mass is 10.4. The summed E-state index contributed by atoms with van der Waals surface area (Å²) in [7, 11) is 0. The van der Waals surface area contributed by atoms with Crippen molar-refractivity contribution >= 4 is 40.8 Å². The van der Waals surface area contributed by atoms with Crippen molar-refractivity contribution in [3.05, 3.63) is 0 Å².